The maximum absolute atomic E-state index is 8.58. The van der Waals surface area contributed by atoms with Crippen LogP contribution in [-0.4, -0.2) is 11.7 Å². The van der Waals surface area contributed by atoms with Crippen molar-refractivity contribution in [2.45, 2.75) is 40.0 Å². The van der Waals surface area contributed by atoms with Gasteiger partial charge in [0.2, 0.25) is 0 Å². The van der Waals surface area contributed by atoms with Crippen molar-refractivity contribution < 1.29 is 5.11 Å². The Morgan fingerprint density at radius 3 is 2.55 bits per heavy atom. The molecule has 0 rings (SSSR count). The van der Waals surface area contributed by atoms with Gasteiger partial charge in [0.15, 0.2) is 0 Å². The molecule has 0 aliphatic rings. The highest BCUT2D eigenvalue weighted by Crippen LogP contribution is 2.11. The van der Waals surface area contributed by atoms with Gasteiger partial charge in [-0.2, -0.15) is 0 Å². The van der Waals surface area contributed by atoms with Gasteiger partial charge in [0, 0.05) is 6.61 Å². The number of hydrogen-bond donors (Lipinski definition) is 1. The number of hydrogen-bond acceptors (Lipinski definition) is 1. The van der Waals surface area contributed by atoms with E-state index >= 15 is 0 Å². The fourth-order valence-electron chi connectivity index (χ4n) is 0.994. The highest BCUT2D eigenvalue weighted by atomic mass is 16.2. The Bertz CT molecular complexity index is 112. The van der Waals surface area contributed by atoms with E-state index in [1.165, 1.54) is 5.57 Å². The molecule has 0 amide bonds. The minimum absolute atomic E-state index is 0.333. The van der Waals surface area contributed by atoms with Crippen LogP contribution in [0.25, 0.3) is 0 Å². The number of aliphatic hydroxyl groups excluding tert-OH is 1. The summed E-state index contributed by atoms with van der Waals surface area (Å²) < 4.78 is 0. The first-order valence-electron chi connectivity index (χ1n) is 4.41. The van der Waals surface area contributed by atoms with Gasteiger partial charge in [0.05, 0.1) is 0 Å². The van der Waals surface area contributed by atoms with Crippen molar-refractivity contribution in [1.82, 2.24) is 0 Å². The average molecular weight is 156 g/mol. The highest BCUT2D eigenvalue weighted by molar-refractivity contribution is 4.93. The van der Waals surface area contributed by atoms with Gasteiger partial charge in [-0.1, -0.05) is 18.6 Å². The Morgan fingerprint density at radius 1 is 1.45 bits per heavy atom. The van der Waals surface area contributed by atoms with E-state index in [1.807, 2.05) is 0 Å². The van der Waals surface area contributed by atoms with Crippen LogP contribution in [0.1, 0.15) is 40.0 Å². The molecule has 0 aromatic heterocycles. The predicted octanol–water partition coefficient (Wildman–Crippen LogP) is 2.75. The van der Waals surface area contributed by atoms with Crippen LogP contribution in [0.15, 0.2) is 11.6 Å². The van der Waals surface area contributed by atoms with Crippen LogP contribution in [0.4, 0.5) is 0 Å². The molecule has 0 spiro atoms. The molecule has 1 heteroatoms. The quantitative estimate of drug-likeness (QED) is 0.607. The lowest BCUT2D eigenvalue weighted by molar-refractivity contribution is 0.274. The Labute approximate surface area is 70.1 Å². The van der Waals surface area contributed by atoms with Crippen LogP contribution in [0, 0.1) is 5.92 Å². The first-order valence-corrected chi connectivity index (χ1v) is 4.41. The first-order chi connectivity index (χ1) is 5.16. The van der Waals surface area contributed by atoms with E-state index in [2.05, 4.69) is 26.8 Å². The molecule has 0 saturated carbocycles. The van der Waals surface area contributed by atoms with Crippen LogP contribution in [-0.2, 0) is 0 Å². The van der Waals surface area contributed by atoms with Crippen molar-refractivity contribution in [3.05, 3.63) is 11.6 Å². The van der Waals surface area contributed by atoms with Crippen molar-refractivity contribution in [3.8, 4) is 0 Å². The molecule has 0 bridgehead atoms. The normalized spacial score (nSPS) is 12.7. The van der Waals surface area contributed by atoms with Crippen molar-refractivity contribution in [1.29, 1.82) is 0 Å². The summed E-state index contributed by atoms with van der Waals surface area (Å²) in [6.45, 7) is 6.81. The van der Waals surface area contributed by atoms with Gasteiger partial charge in [0.1, 0.15) is 0 Å². The topological polar surface area (TPSA) is 20.2 Å². The molecule has 0 unspecified atom stereocenters. The Hall–Kier alpha value is -0.300. The van der Waals surface area contributed by atoms with Crippen molar-refractivity contribution in [3.63, 3.8) is 0 Å². The van der Waals surface area contributed by atoms with Gasteiger partial charge in [-0.25, -0.2) is 0 Å². The Kier molecular flexibility index (Phi) is 6.24. The molecule has 0 aromatic rings. The summed E-state index contributed by atoms with van der Waals surface area (Å²) in [5.74, 6) is 0.719. The second-order valence-electron chi connectivity index (χ2n) is 3.49. The summed E-state index contributed by atoms with van der Waals surface area (Å²) in [5.41, 5.74) is 1.39. The first kappa shape index (κ1) is 10.7. The van der Waals surface area contributed by atoms with Crippen molar-refractivity contribution in [2.75, 3.05) is 6.61 Å². The molecule has 1 nitrogen and oxygen atoms in total. The van der Waals surface area contributed by atoms with Gasteiger partial charge in [-0.3, -0.25) is 0 Å². The van der Waals surface area contributed by atoms with Crippen molar-refractivity contribution in [2.24, 2.45) is 5.92 Å². The molecular weight excluding hydrogens is 136 g/mol. The minimum Gasteiger partial charge on any atom is -0.396 e. The van der Waals surface area contributed by atoms with Gasteiger partial charge >= 0.3 is 0 Å². The second kappa shape index (κ2) is 6.41. The average Bonchev–Trinajstić information content (AvgIpc) is 1.97. The van der Waals surface area contributed by atoms with Gasteiger partial charge in [0.25, 0.3) is 0 Å². The summed E-state index contributed by atoms with van der Waals surface area (Å²) in [7, 11) is 0. The van der Waals surface area contributed by atoms with E-state index in [1.54, 1.807) is 0 Å². The molecule has 0 fully saturated rings. The molecule has 0 saturated heterocycles. The number of allylic oxidation sites excluding steroid dienone is 2. The zero-order valence-corrected chi connectivity index (χ0v) is 7.93. The molecule has 0 aromatic carbocycles. The van der Waals surface area contributed by atoms with Gasteiger partial charge in [-0.15, -0.1) is 0 Å². The maximum atomic E-state index is 8.58. The SMILES string of the molecule is CC(C)=CC[C@H](C)CCCO. The lowest BCUT2D eigenvalue weighted by Gasteiger charge is -2.06. The highest BCUT2D eigenvalue weighted by Gasteiger charge is 1.98. The summed E-state index contributed by atoms with van der Waals surface area (Å²) in [4.78, 5) is 0. The number of aliphatic hydroxyl groups is 1. The molecule has 0 aliphatic heterocycles. The van der Waals surface area contributed by atoms with Crippen molar-refractivity contribution >= 4 is 0 Å². The zero-order valence-electron chi connectivity index (χ0n) is 7.93. The van der Waals surface area contributed by atoms with Crippen LogP contribution in [0.3, 0.4) is 0 Å². The molecule has 1 N–H and O–H groups in total. The molecule has 11 heavy (non-hydrogen) atoms. The van der Waals surface area contributed by atoms with Gasteiger partial charge in [-0.05, 0) is 39.0 Å². The van der Waals surface area contributed by atoms with E-state index < -0.39 is 0 Å². The zero-order chi connectivity index (χ0) is 8.69. The monoisotopic (exact) mass is 156 g/mol. The third-order valence-corrected chi connectivity index (χ3v) is 1.78. The van der Waals surface area contributed by atoms with Crippen LogP contribution in [0.2, 0.25) is 0 Å². The predicted molar refractivity (Wildman–Crippen MR) is 49.5 cm³/mol. The van der Waals surface area contributed by atoms with Crippen LogP contribution < -0.4 is 0 Å². The fourth-order valence-corrected chi connectivity index (χ4v) is 0.994. The Balaban J connectivity index is 3.36. The second-order valence-corrected chi connectivity index (χ2v) is 3.49. The lowest BCUT2D eigenvalue weighted by atomic mass is 10.0. The van der Waals surface area contributed by atoms with E-state index in [9.17, 15) is 0 Å². The van der Waals surface area contributed by atoms with Crippen LogP contribution >= 0.6 is 0 Å². The van der Waals surface area contributed by atoms with E-state index in [4.69, 9.17) is 5.11 Å². The molecule has 0 aliphatic carbocycles. The molecule has 0 radical (unpaired) electrons. The molecule has 1 atom stereocenters. The third kappa shape index (κ3) is 7.60. The fraction of sp³-hybridized carbons (Fsp3) is 0.800. The smallest absolute Gasteiger partial charge is 0.0431 e. The van der Waals surface area contributed by atoms with Gasteiger partial charge < -0.3 is 5.11 Å². The number of rotatable bonds is 5. The molecule has 0 heterocycles. The van der Waals surface area contributed by atoms with E-state index in [0.29, 0.717) is 6.61 Å². The van der Waals surface area contributed by atoms with E-state index in [-0.39, 0.29) is 0 Å². The maximum Gasteiger partial charge on any atom is 0.0431 e. The summed E-state index contributed by atoms with van der Waals surface area (Å²) >= 11 is 0. The third-order valence-electron chi connectivity index (χ3n) is 1.78. The summed E-state index contributed by atoms with van der Waals surface area (Å²) in [6.07, 6.45) is 5.50. The molecular formula is C10H20O. The lowest BCUT2D eigenvalue weighted by Crippen LogP contribution is -1.94. The summed E-state index contributed by atoms with van der Waals surface area (Å²) in [6, 6.07) is 0. The largest absolute Gasteiger partial charge is 0.396 e. The van der Waals surface area contributed by atoms with Crippen LogP contribution in [0.5, 0.6) is 0 Å². The Morgan fingerprint density at radius 2 is 2.09 bits per heavy atom. The minimum atomic E-state index is 0.333. The standard InChI is InChI=1S/C10H20O/c1-9(2)6-7-10(3)5-4-8-11/h6,10-11H,4-5,7-8H2,1-3H3/t10-/m1/s1. The van der Waals surface area contributed by atoms with E-state index in [0.717, 1.165) is 25.2 Å². The molecule has 66 valence electrons. The summed E-state index contributed by atoms with van der Waals surface area (Å²) in [5, 5.41) is 8.58.